The van der Waals surface area contributed by atoms with E-state index in [2.05, 4.69) is 95.7 Å². The van der Waals surface area contributed by atoms with Gasteiger partial charge in [-0.25, -0.2) is 0 Å². The van der Waals surface area contributed by atoms with Gasteiger partial charge in [-0.1, -0.05) is 106 Å². The quantitative estimate of drug-likeness (QED) is 0.0215. The maximum atomic E-state index is 14.5. The molecule has 25 heteroatoms. The molecule has 16 atom stereocenters. The number of anilines is 2. The van der Waals surface area contributed by atoms with Crippen LogP contribution in [0.15, 0.2) is 72.8 Å². The average molecular weight is 1520 g/mol. The van der Waals surface area contributed by atoms with E-state index < -0.39 is 70.1 Å². The van der Waals surface area contributed by atoms with Crippen LogP contribution in [0.4, 0.5) is 11.4 Å². The van der Waals surface area contributed by atoms with Crippen molar-refractivity contribution in [2.24, 2.45) is 64.1 Å². The molecule has 4 aromatic rings. The number of likely N-dealkylation sites (N-methyl/N-ethyl adjacent to an activating group) is 2. The number of amides is 3. The number of rotatable bonds is 34. The highest BCUT2D eigenvalue weighted by molar-refractivity contribution is 7.85. The minimum atomic E-state index is -4.24. The molecule has 12 rings (SSSR count). The minimum absolute atomic E-state index is 0.00133. The van der Waals surface area contributed by atoms with Crippen LogP contribution in [-0.4, -0.2) is 245 Å². The van der Waals surface area contributed by atoms with Crippen LogP contribution in [0.25, 0.3) is 22.3 Å². The van der Waals surface area contributed by atoms with Crippen LogP contribution in [0.2, 0.25) is 0 Å². The van der Waals surface area contributed by atoms with Crippen LogP contribution in [0.3, 0.4) is 0 Å². The number of hydrogen-bond donors (Lipinski definition) is 7. The fraction of sp³-hybridized carbons (Fsp3) is 0.663. The molecule has 0 spiro atoms. The van der Waals surface area contributed by atoms with Crippen molar-refractivity contribution < 1.29 is 71.7 Å². The van der Waals surface area contributed by atoms with E-state index in [-0.39, 0.29) is 73.4 Å². The van der Waals surface area contributed by atoms with Crippen molar-refractivity contribution in [3.63, 3.8) is 0 Å². The molecule has 7 N–H and O–H groups in total. The van der Waals surface area contributed by atoms with Gasteiger partial charge in [0.1, 0.15) is 35.8 Å². The third-order valence-electron chi connectivity index (χ3n) is 25.8. The first-order valence-corrected chi connectivity index (χ1v) is 40.9. The number of nitrogens with one attached hydrogen (secondary N) is 2. The van der Waals surface area contributed by atoms with Crippen molar-refractivity contribution in [2.75, 3.05) is 130 Å². The molecule has 4 bridgehead atoms. The summed E-state index contributed by atoms with van der Waals surface area (Å²) in [5.74, 6) is 1.89. The summed E-state index contributed by atoms with van der Waals surface area (Å²) in [6.07, 6.45) is 1.49. The summed E-state index contributed by atoms with van der Waals surface area (Å²) in [7, 11) is 6.56. The molecule has 8 fully saturated rings. The second-order valence-corrected chi connectivity index (χ2v) is 34.6. The minimum Gasteiger partial charge on any atom is -0.496 e. The number of aliphatic hydroxyl groups is 4. The maximum absolute atomic E-state index is 14.5. The molecule has 2 saturated heterocycles. The number of carbonyl (C=O) groups is 4. The lowest BCUT2D eigenvalue weighted by Gasteiger charge is -2.62. The van der Waals surface area contributed by atoms with Gasteiger partial charge in [-0.05, 0) is 165 Å². The molecule has 600 valence electrons. The van der Waals surface area contributed by atoms with E-state index in [1.54, 1.807) is 38.2 Å². The van der Waals surface area contributed by atoms with Gasteiger partial charge in [0.25, 0.3) is 21.9 Å². The summed E-state index contributed by atoms with van der Waals surface area (Å²) in [6.45, 7) is 31.8. The summed E-state index contributed by atoms with van der Waals surface area (Å²) < 4.78 is 43.5. The van der Waals surface area contributed by atoms with Crippen molar-refractivity contribution in [3.8, 4) is 33.8 Å². The van der Waals surface area contributed by atoms with Crippen molar-refractivity contribution in [1.82, 2.24) is 35.5 Å². The first kappa shape index (κ1) is 85.7. The van der Waals surface area contributed by atoms with Crippen LogP contribution in [0.5, 0.6) is 11.5 Å². The monoisotopic (exact) mass is 1520 g/mol. The normalized spacial score (nSPS) is 26.8. The Hall–Kier alpha value is -6.33. The van der Waals surface area contributed by atoms with Gasteiger partial charge in [-0.15, -0.1) is 0 Å². The lowest BCUT2D eigenvalue weighted by Crippen LogP contribution is -2.62. The number of methoxy groups -OCH3 is 2. The summed E-state index contributed by atoms with van der Waals surface area (Å²) in [4.78, 5) is 79.3. The highest BCUT2D eigenvalue weighted by Gasteiger charge is 2.59. The summed E-state index contributed by atoms with van der Waals surface area (Å²) in [6, 6.07) is 21.1. The Morgan fingerprint density at radius 3 is 1.51 bits per heavy atom. The molecule has 0 aromatic heterocycles. The van der Waals surface area contributed by atoms with Crippen LogP contribution in [0.1, 0.15) is 147 Å². The third kappa shape index (κ3) is 18.9. The number of ketones is 1. The van der Waals surface area contributed by atoms with Crippen LogP contribution in [0, 0.1) is 64.1 Å². The summed E-state index contributed by atoms with van der Waals surface area (Å²) in [5, 5.41) is 51.7. The fourth-order valence-electron chi connectivity index (χ4n) is 18.8. The molecule has 8 aliphatic rings. The lowest BCUT2D eigenvalue weighted by molar-refractivity contribution is -0.183. The molecule has 6 aliphatic carbocycles. The zero-order chi connectivity index (χ0) is 79.2. The molecule has 4 aromatic carbocycles. The molecule has 6 saturated carbocycles. The van der Waals surface area contributed by atoms with E-state index >= 15 is 0 Å². The van der Waals surface area contributed by atoms with Gasteiger partial charge in [-0.2, -0.15) is 18.5 Å². The molecule has 3 amide bonds. The Morgan fingerprint density at radius 2 is 1.08 bits per heavy atom. The van der Waals surface area contributed by atoms with Crippen molar-refractivity contribution in [3.05, 3.63) is 95.1 Å². The van der Waals surface area contributed by atoms with E-state index in [1.807, 2.05) is 97.5 Å². The number of hydroxylamine groups is 4. The lowest BCUT2D eigenvalue weighted by atomic mass is 9.43. The molecule has 0 radical (unpaired) electrons. The van der Waals surface area contributed by atoms with Crippen molar-refractivity contribution in [1.29, 1.82) is 0 Å². The zero-order valence-corrected chi connectivity index (χ0v) is 68.3. The molecule has 24 nitrogen and oxygen atoms in total. The van der Waals surface area contributed by atoms with Crippen LogP contribution in [-0.2, 0) is 42.5 Å². The second kappa shape index (κ2) is 36.4. The summed E-state index contributed by atoms with van der Waals surface area (Å²) in [5.41, 5.74) is 7.53. The maximum Gasteiger partial charge on any atom is 0.266 e. The topological polar surface area (TPSA) is 287 Å². The van der Waals surface area contributed by atoms with Gasteiger partial charge in [0, 0.05) is 130 Å². The SMILES string of the molecule is CCN(CC)CCN(CCN(CC)CC)C(=O)c1cc(-c2cccc(CN3O[C@@H](CO)[C@@H]([C@H](C)O)[C@H]3C(=O)C[C@H]3C[C@H]4C[C@@H]([C@@H]3C)C4(C)C)c2OC)cc(N(C)C)c1.COc1c(CN2O[C@@H](CO)[C@@H]([C@H](C)O)[C@H]2C(=O)N[C@H]2C[C@H]3C[C@@H]([C@@H]2C)C3(C)C)cccc1-c1cc(C(=O)NCCS(=O)(=O)O)cc(N(C)C)c1. The van der Waals surface area contributed by atoms with Crippen molar-refractivity contribution >= 4 is 45.0 Å². The largest absolute Gasteiger partial charge is 0.496 e. The molecular weight excluding hydrogens is 1400 g/mol. The van der Waals surface area contributed by atoms with Gasteiger partial charge < -0.3 is 65.0 Å². The zero-order valence-electron chi connectivity index (χ0n) is 67.5. The Balaban J connectivity index is 0.000000252. The Labute approximate surface area is 642 Å². The highest BCUT2D eigenvalue weighted by atomic mass is 32.2. The molecule has 0 unspecified atom stereocenters. The van der Waals surface area contributed by atoms with Crippen LogP contribution >= 0.6 is 0 Å². The third-order valence-corrected chi connectivity index (χ3v) is 26.5. The molecule has 2 aliphatic heterocycles. The molecular formula is C83H127N9O15S. The van der Waals surface area contributed by atoms with E-state index in [0.29, 0.717) is 99.9 Å². The predicted molar refractivity (Wildman–Crippen MR) is 422 cm³/mol. The average Bonchev–Trinajstić information content (AvgIpc) is 0.916. The van der Waals surface area contributed by atoms with Gasteiger partial charge in [0.2, 0.25) is 5.91 Å². The summed E-state index contributed by atoms with van der Waals surface area (Å²) >= 11 is 0. The van der Waals surface area contributed by atoms with Gasteiger partial charge >= 0.3 is 0 Å². The Bertz CT molecular complexity index is 3830. The highest BCUT2D eigenvalue weighted by Crippen LogP contribution is 2.64. The van der Waals surface area contributed by atoms with E-state index in [0.717, 1.165) is 74.5 Å². The molecule has 2 heterocycles. The number of para-hydroxylation sites is 2. The smallest absolute Gasteiger partial charge is 0.266 e. The van der Waals surface area contributed by atoms with Gasteiger partial charge in [0.05, 0.1) is 58.5 Å². The number of carbonyl (C=O) groups excluding carboxylic acids is 4. The van der Waals surface area contributed by atoms with Crippen LogP contribution < -0.4 is 29.9 Å². The van der Waals surface area contributed by atoms with Crippen molar-refractivity contribution in [2.45, 2.75) is 171 Å². The first-order chi connectivity index (χ1) is 51.1. The number of ether oxygens (including phenoxy) is 2. The first-order valence-electron chi connectivity index (χ1n) is 39.3. The van der Waals surface area contributed by atoms with Gasteiger partial charge in [-0.3, -0.25) is 33.4 Å². The van der Waals surface area contributed by atoms with E-state index in [4.69, 9.17) is 23.7 Å². The standard InChI is InChI=1S/C47H75N5O6.C36H52N4O9S/c1-12-49(13-2)19-21-51(22-20-50(14-3)15-4)46(56)36-23-35(25-38(26-36)48(9)10)39-18-16-17-33(45(39)57-11)29-52-44(43(32(6)54)42(30-53)58-52)41(55)27-34-24-37-28-40(31(34)5)47(37,7)8;1-20-28-16-25(36(28,3)4)17-29(20)38-35(44)32-31(21(2)42)30(19-41)49-40(32)18-22-9-8-10-27(33(22)48-7)23-13-24(15-26(14-23)39(5)6)34(43)37-11-12-50(45,46)47/h16-18,23,25-26,31-32,34,37,40,42-44,53-54H,12-15,19-22,24,27-30H2,1-11H3;8-10,13-15,20-21,25,28-32,41-42H,11-12,16-19H2,1-7H3,(H,37,43)(H,38,44)(H,45,46,47)/t31-,32+,34-,37+,40+,42+,43-,44-;20-,21-,25+,28-,29-,30-,31+,32-/m10/s1. The van der Waals surface area contributed by atoms with E-state index in [9.17, 15) is 48.0 Å². The number of nitrogens with zero attached hydrogens (tertiary/aromatic N) is 7. The number of Topliss-reactive ketones (excluding diaryl/α,β-unsaturated/α-hetero) is 1. The number of hydrogen-bond acceptors (Lipinski definition) is 20. The Morgan fingerprint density at radius 1 is 0.630 bits per heavy atom. The number of aliphatic hydroxyl groups excluding tert-OH is 4. The Kier molecular flexibility index (Phi) is 28.9. The second-order valence-electron chi connectivity index (χ2n) is 33.0. The fourth-order valence-corrected chi connectivity index (χ4v) is 19.2. The van der Waals surface area contributed by atoms with Gasteiger partial charge in [0.15, 0.2) is 5.78 Å². The molecule has 108 heavy (non-hydrogen) atoms. The number of benzene rings is 4. The van der Waals surface area contributed by atoms with E-state index in [1.165, 1.54) is 25.0 Å². The number of fused-ring (bicyclic) bond motifs is 4. The predicted octanol–water partition coefficient (Wildman–Crippen LogP) is 9.01.